The van der Waals surface area contributed by atoms with Crippen molar-refractivity contribution in [2.45, 2.75) is 52.5 Å². The number of likely N-dealkylation sites (N-methyl/N-ethyl adjacent to an activating group) is 1. The Morgan fingerprint density at radius 1 is 1.11 bits per heavy atom. The summed E-state index contributed by atoms with van der Waals surface area (Å²) in [6.45, 7) is 12.4. The van der Waals surface area contributed by atoms with E-state index in [2.05, 4.69) is 16.8 Å². The fourth-order valence-corrected chi connectivity index (χ4v) is 4.42. The number of imidazole rings is 1. The molecular weight excluding hydrogens is 354 g/mol. The highest BCUT2D eigenvalue weighted by Gasteiger charge is 2.28. The Morgan fingerprint density at radius 3 is 2.36 bits per heavy atom. The van der Waals surface area contributed by atoms with Crippen molar-refractivity contribution in [3.63, 3.8) is 0 Å². The number of likely N-dealkylation sites (tertiary alicyclic amines) is 1. The molecule has 0 bridgehead atoms. The first-order valence-electron chi connectivity index (χ1n) is 10.8. The van der Waals surface area contributed by atoms with E-state index in [1.54, 1.807) is 6.20 Å². The molecule has 156 valence electrons. The van der Waals surface area contributed by atoms with Crippen LogP contribution in [0.5, 0.6) is 0 Å². The lowest BCUT2D eigenvalue weighted by atomic mass is 9.91. The fraction of sp³-hybridized carbons (Fsp3) is 0.762. The second kappa shape index (κ2) is 9.54. The van der Waals surface area contributed by atoms with Crippen LogP contribution in [-0.4, -0.2) is 81.9 Å². The van der Waals surface area contributed by atoms with E-state index in [4.69, 9.17) is 0 Å². The largest absolute Gasteiger partial charge is 0.341 e. The molecule has 3 rings (SSSR count). The number of rotatable bonds is 6. The van der Waals surface area contributed by atoms with Crippen molar-refractivity contribution in [2.75, 3.05) is 45.8 Å². The molecule has 0 saturated carbocycles. The number of amides is 2. The highest BCUT2D eigenvalue weighted by Crippen LogP contribution is 2.24. The van der Waals surface area contributed by atoms with Gasteiger partial charge in [0.15, 0.2) is 0 Å². The molecule has 28 heavy (non-hydrogen) atoms. The molecule has 1 aromatic rings. The molecule has 2 fully saturated rings. The average Bonchev–Trinajstić information content (AvgIpc) is 3.17. The van der Waals surface area contributed by atoms with Gasteiger partial charge in [-0.3, -0.25) is 9.59 Å². The van der Waals surface area contributed by atoms with Crippen molar-refractivity contribution in [1.82, 2.24) is 24.3 Å². The quantitative estimate of drug-likeness (QED) is 0.746. The molecule has 7 nitrogen and oxygen atoms in total. The Labute approximate surface area is 168 Å². The molecule has 1 aromatic heterocycles. The van der Waals surface area contributed by atoms with Crippen LogP contribution >= 0.6 is 0 Å². The van der Waals surface area contributed by atoms with E-state index in [9.17, 15) is 9.59 Å². The van der Waals surface area contributed by atoms with Crippen LogP contribution in [0.15, 0.2) is 12.4 Å². The molecule has 0 spiro atoms. The molecular formula is C21H35N5O2. The van der Waals surface area contributed by atoms with Crippen LogP contribution in [0.3, 0.4) is 0 Å². The van der Waals surface area contributed by atoms with Gasteiger partial charge in [0.2, 0.25) is 11.8 Å². The van der Waals surface area contributed by atoms with E-state index in [-0.39, 0.29) is 11.9 Å². The third kappa shape index (κ3) is 4.93. The van der Waals surface area contributed by atoms with Crippen LogP contribution in [-0.2, 0) is 9.59 Å². The van der Waals surface area contributed by atoms with Gasteiger partial charge < -0.3 is 19.3 Å². The van der Waals surface area contributed by atoms with E-state index < -0.39 is 0 Å². The summed E-state index contributed by atoms with van der Waals surface area (Å²) < 4.78 is 1.94. The Bertz CT molecular complexity index is 658. The van der Waals surface area contributed by atoms with Gasteiger partial charge in [-0.1, -0.05) is 6.92 Å². The molecule has 0 aromatic carbocycles. The minimum absolute atomic E-state index is 0.171. The van der Waals surface area contributed by atoms with Gasteiger partial charge in [0.1, 0.15) is 11.9 Å². The summed E-state index contributed by atoms with van der Waals surface area (Å²) in [4.78, 5) is 35.9. The van der Waals surface area contributed by atoms with Gasteiger partial charge in [0.25, 0.3) is 0 Å². The molecule has 0 unspecified atom stereocenters. The lowest BCUT2D eigenvalue weighted by Gasteiger charge is -2.35. The zero-order chi connectivity index (χ0) is 20.1. The number of carbonyl (C=O) groups is 2. The number of piperidine rings is 1. The normalized spacial score (nSPS) is 20.4. The SMILES string of the molecule is CCN1CCN(C(=O)CCC2CCN(C(=O)[C@@H](C)n3ccnc3C)CC2)CC1. The summed E-state index contributed by atoms with van der Waals surface area (Å²) in [6.07, 6.45) is 7.21. The standard InChI is InChI=1S/C21H35N5O2/c1-4-23-13-15-24(16-14-23)20(27)6-5-19-7-10-25(11-8-19)21(28)17(2)26-12-9-22-18(26)3/h9,12,17,19H,4-8,10-11,13-16H2,1-3H3/t17-/m1/s1. The zero-order valence-corrected chi connectivity index (χ0v) is 17.6. The van der Waals surface area contributed by atoms with E-state index in [0.717, 1.165) is 70.9 Å². The third-order valence-electron chi connectivity index (χ3n) is 6.50. The smallest absolute Gasteiger partial charge is 0.245 e. The summed E-state index contributed by atoms with van der Waals surface area (Å²) in [5.41, 5.74) is 0. The number of piperazine rings is 1. The molecule has 2 aliphatic heterocycles. The molecule has 0 aliphatic carbocycles. The summed E-state index contributed by atoms with van der Waals surface area (Å²) >= 11 is 0. The second-order valence-corrected chi connectivity index (χ2v) is 8.18. The van der Waals surface area contributed by atoms with Crippen molar-refractivity contribution in [3.8, 4) is 0 Å². The summed E-state index contributed by atoms with van der Waals surface area (Å²) in [6, 6.07) is -0.206. The predicted octanol–water partition coefficient (Wildman–Crippen LogP) is 1.94. The number of hydrogen-bond acceptors (Lipinski definition) is 4. The minimum atomic E-state index is -0.206. The molecule has 0 N–H and O–H groups in total. The van der Waals surface area contributed by atoms with Crippen LogP contribution < -0.4 is 0 Å². The van der Waals surface area contributed by atoms with Gasteiger partial charge in [-0.05, 0) is 45.6 Å². The first-order chi connectivity index (χ1) is 13.5. The van der Waals surface area contributed by atoms with Crippen LogP contribution in [0.2, 0.25) is 0 Å². The maximum absolute atomic E-state index is 12.8. The maximum atomic E-state index is 12.8. The van der Waals surface area contributed by atoms with Crippen LogP contribution in [0.25, 0.3) is 0 Å². The topological polar surface area (TPSA) is 61.7 Å². The summed E-state index contributed by atoms with van der Waals surface area (Å²) in [7, 11) is 0. The fourth-order valence-electron chi connectivity index (χ4n) is 4.42. The number of hydrogen-bond donors (Lipinski definition) is 0. The number of carbonyl (C=O) groups excluding carboxylic acids is 2. The van der Waals surface area contributed by atoms with E-state index in [1.165, 1.54) is 0 Å². The van der Waals surface area contributed by atoms with Crippen LogP contribution in [0.4, 0.5) is 0 Å². The molecule has 7 heteroatoms. The Balaban J connectivity index is 1.39. The van der Waals surface area contributed by atoms with Crippen molar-refractivity contribution in [3.05, 3.63) is 18.2 Å². The highest BCUT2D eigenvalue weighted by atomic mass is 16.2. The minimum Gasteiger partial charge on any atom is -0.341 e. The number of aromatic nitrogens is 2. The Kier molecular flexibility index (Phi) is 7.10. The summed E-state index contributed by atoms with van der Waals surface area (Å²) in [5, 5.41) is 0. The highest BCUT2D eigenvalue weighted by molar-refractivity contribution is 5.80. The van der Waals surface area contributed by atoms with Gasteiger partial charge >= 0.3 is 0 Å². The van der Waals surface area contributed by atoms with E-state index in [1.807, 2.05) is 34.4 Å². The maximum Gasteiger partial charge on any atom is 0.245 e. The molecule has 2 amide bonds. The van der Waals surface area contributed by atoms with Gasteiger partial charge in [-0.15, -0.1) is 0 Å². The molecule has 3 heterocycles. The van der Waals surface area contributed by atoms with Gasteiger partial charge in [-0.2, -0.15) is 0 Å². The first kappa shape index (κ1) is 20.8. The Morgan fingerprint density at radius 2 is 1.79 bits per heavy atom. The number of nitrogens with zero attached hydrogens (tertiary/aromatic N) is 5. The van der Waals surface area contributed by atoms with Crippen LogP contribution in [0.1, 0.15) is 51.4 Å². The average molecular weight is 390 g/mol. The van der Waals surface area contributed by atoms with Crippen molar-refractivity contribution < 1.29 is 9.59 Å². The lowest BCUT2D eigenvalue weighted by molar-refractivity contribution is -0.136. The number of aryl methyl sites for hydroxylation is 1. The molecule has 0 radical (unpaired) electrons. The monoisotopic (exact) mass is 389 g/mol. The lowest BCUT2D eigenvalue weighted by Crippen LogP contribution is -2.48. The van der Waals surface area contributed by atoms with Gasteiger partial charge in [-0.25, -0.2) is 4.98 Å². The van der Waals surface area contributed by atoms with Crippen molar-refractivity contribution in [2.24, 2.45) is 5.92 Å². The van der Waals surface area contributed by atoms with Crippen LogP contribution in [0, 0.1) is 12.8 Å². The van der Waals surface area contributed by atoms with E-state index in [0.29, 0.717) is 18.2 Å². The predicted molar refractivity (Wildman–Crippen MR) is 109 cm³/mol. The Hall–Kier alpha value is -1.89. The van der Waals surface area contributed by atoms with Crippen molar-refractivity contribution in [1.29, 1.82) is 0 Å². The van der Waals surface area contributed by atoms with Crippen molar-refractivity contribution >= 4 is 11.8 Å². The molecule has 2 saturated heterocycles. The molecule has 1 atom stereocenters. The summed E-state index contributed by atoms with van der Waals surface area (Å²) in [5.74, 6) is 1.90. The van der Waals surface area contributed by atoms with Gasteiger partial charge in [0.05, 0.1) is 0 Å². The molecule has 2 aliphatic rings. The van der Waals surface area contributed by atoms with Gasteiger partial charge in [0, 0.05) is 58.1 Å². The second-order valence-electron chi connectivity index (χ2n) is 8.18. The van der Waals surface area contributed by atoms with E-state index >= 15 is 0 Å². The third-order valence-corrected chi connectivity index (χ3v) is 6.50. The zero-order valence-electron chi connectivity index (χ0n) is 17.6. The first-order valence-corrected chi connectivity index (χ1v) is 10.8.